The third kappa shape index (κ3) is 35.5. The molecule has 53 heavy (non-hydrogen) atoms. The number of rotatable bonds is 25. The zero-order chi connectivity index (χ0) is 33.5. The Morgan fingerprint density at radius 1 is 0.660 bits per heavy atom. The van der Waals surface area contributed by atoms with Crippen molar-refractivity contribution in [1.29, 1.82) is 0 Å². The maximum atomic E-state index is 13.1. The third-order valence-corrected chi connectivity index (χ3v) is 6.94. The molecule has 0 fully saturated rings. The Balaban J connectivity index is -0.000000422. The molecule has 0 bridgehead atoms. The molecule has 0 radical (unpaired) electrons. The van der Waals surface area contributed by atoms with Gasteiger partial charge in [-0.3, -0.25) is 19.2 Å². The van der Waals surface area contributed by atoms with E-state index in [2.05, 4.69) is 13.0 Å². The van der Waals surface area contributed by atoms with Crippen LogP contribution in [0.3, 0.4) is 0 Å². The predicted octanol–water partition coefficient (Wildman–Crippen LogP) is 12.3. The van der Waals surface area contributed by atoms with Gasteiger partial charge in [0.15, 0.2) is 0 Å². The summed E-state index contributed by atoms with van der Waals surface area (Å²) in [6, 6.07) is 5.48. The van der Waals surface area contributed by atoms with Crippen molar-refractivity contribution < 1.29 is 47.3 Å². The van der Waals surface area contributed by atoms with Crippen LogP contribution in [0.2, 0.25) is 0 Å². The number of methoxy groups -OCH3 is 1. The van der Waals surface area contributed by atoms with Crippen molar-refractivity contribution >= 4 is 23.7 Å². The van der Waals surface area contributed by atoms with Crippen LogP contribution in [0, 0.1) is 5.82 Å². The van der Waals surface area contributed by atoms with Crippen molar-refractivity contribution in [3.05, 3.63) is 42.2 Å². The first kappa shape index (κ1) is 67.8. The lowest BCUT2D eigenvalue weighted by Crippen LogP contribution is -2.29. The minimum absolute atomic E-state index is 0. The molecule has 1 aromatic carbocycles. The topological polar surface area (TPSA) is 114 Å². The number of ketones is 1. The maximum Gasteiger partial charge on any atom is 0.309 e. The van der Waals surface area contributed by atoms with E-state index in [-0.39, 0.29) is 103 Å². The van der Waals surface area contributed by atoms with E-state index in [4.69, 9.17) is 23.7 Å². The molecule has 0 aliphatic rings. The van der Waals surface area contributed by atoms with Gasteiger partial charge in [-0.25, -0.2) is 4.39 Å². The third-order valence-electron chi connectivity index (χ3n) is 6.94. The van der Waals surface area contributed by atoms with Crippen LogP contribution in [0.4, 0.5) is 4.39 Å². The van der Waals surface area contributed by atoms with E-state index in [0.717, 1.165) is 25.7 Å². The molecule has 0 spiro atoms. The molecular weight excluding hydrogens is 679 g/mol. The van der Waals surface area contributed by atoms with E-state index in [1.54, 1.807) is 6.92 Å². The summed E-state index contributed by atoms with van der Waals surface area (Å²) in [7, 11) is 1.43. The van der Waals surface area contributed by atoms with Gasteiger partial charge in [-0.1, -0.05) is 118 Å². The largest absolute Gasteiger partial charge is 0.491 e. The Hall–Kier alpha value is -3.27. The Labute approximate surface area is 327 Å². The number of hydrogen-bond acceptors (Lipinski definition) is 9. The molecule has 4 unspecified atom stereocenters. The normalized spacial score (nSPS) is 11.8. The van der Waals surface area contributed by atoms with Crippen LogP contribution < -0.4 is 4.74 Å². The van der Waals surface area contributed by atoms with Gasteiger partial charge in [0.25, 0.3) is 0 Å². The smallest absolute Gasteiger partial charge is 0.309 e. The van der Waals surface area contributed by atoms with Crippen molar-refractivity contribution in [3.63, 3.8) is 0 Å². The second-order valence-electron chi connectivity index (χ2n) is 11.4. The fraction of sp³-hybridized carbons (Fsp3) is 0.721. The lowest BCUT2D eigenvalue weighted by Gasteiger charge is -2.21. The first-order valence-corrected chi connectivity index (χ1v) is 16.2. The van der Waals surface area contributed by atoms with Gasteiger partial charge in [0.05, 0.1) is 19.3 Å². The fourth-order valence-corrected chi connectivity index (χ4v) is 4.50. The molecule has 1 aromatic rings. The van der Waals surface area contributed by atoms with E-state index in [0.29, 0.717) is 18.6 Å². The average Bonchev–Trinajstić information content (AvgIpc) is 2.97. The summed E-state index contributed by atoms with van der Waals surface area (Å²) in [4.78, 5) is 49.7. The van der Waals surface area contributed by atoms with Gasteiger partial charge < -0.3 is 23.7 Å². The summed E-state index contributed by atoms with van der Waals surface area (Å²) in [5.41, 5.74) is 0. The van der Waals surface area contributed by atoms with Gasteiger partial charge >= 0.3 is 17.9 Å². The molecule has 318 valence electrons. The SMILES string of the molecule is C.C.C.C.C.C.C.C.CCCCCCC=CCC(CC(C)=O)OC(=O)CC(CCCC)OC(=O)CC(C)OC(=O)CC(COc1ccc(F)cc1)OC. The zero-order valence-corrected chi connectivity index (χ0v) is 27.7. The number of Topliss-reactive ketones (excluding diaryl/α,β-unsaturated/α-hetero) is 1. The van der Waals surface area contributed by atoms with Crippen LogP contribution in [-0.4, -0.2) is 61.8 Å². The Morgan fingerprint density at radius 2 is 1.19 bits per heavy atom. The van der Waals surface area contributed by atoms with Crippen LogP contribution in [0.1, 0.15) is 171 Å². The van der Waals surface area contributed by atoms with Crippen LogP contribution in [0.15, 0.2) is 36.4 Å². The minimum atomic E-state index is -0.770. The van der Waals surface area contributed by atoms with Gasteiger partial charge in [-0.2, -0.15) is 0 Å². The predicted molar refractivity (Wildman–Crippen MR) is 223 cm³/mol. The molecule has 9 nitrogen and oxygen atoms in total. The number of carbonyl (C=O) groups excluding carboxylic acids is 4. The second kappa shape index (κ2) is 41.5. The minimum Gasteiger partial charge on any atom is -0.491 e. The first-order valence-electron chi connectivity index (χ1n) is 16.2. The standard InChI is InChI=1S/C35H53FO9.8CH4/c1-6-8-10-11-12-13-14-16-30(21-26(3)37)44-35(40)23-31(15-9-7-2)45-33(38)22-27(4)43-34(39)24-32(41-5)25-42-29-19-17-28(36)18-20-29;;;;;;;;/h13-14,17-20,27,30-32H,6-12,15-16,21-25H2,1-5H3;8*1H4. The van der Waals surface area contributed by atoms with Crippen molar-refractivity contribution in [1.82, 2.24) is 0 Å². The zero-order valence-electron chi connectivity index (χ0n) is 27.7. The number of esters is 3. The number of halogens is 1. The van der Waals surface area contributed by atoms with E-state index < -0.39 is 42.3 Å². The van der Waals surface area contributed by atoms with Gasteiger partial charge in [0.2, 0.25) is 0 Å². The maximum absolute atomic E-state index is 13.1. The highest BCUT2D eigenvalue weighted by Crippen LogP contribution is 2.17. The average molecular weight is 765 g/mol. The van der Waals surface area contributed by atoms with Crippen LogP contribution in [-0.2, 0) is 38.1 Å². The first-order chi connectivity index (χ1) is 21.6. The molecule has 0 amide bonds. The summed E-state index contributed by atoms with van der Waals surface area (Å²) >= 11 is 0. The fourth-order valence-electron chi connectivity index (χ4n) is 4.50. The Kier molecular flexibility index (Phi) is 53.1. The molecule has 0 heterocycles. The number of allylic oxidation sites excluding steroid dienone is 1. The van der Waals surface area contributed by atoms with Crippen molar-refractivity contribution in [2.24, 2.45) is 0 Å². The number of hydrogen-bond donors (Lipinski definition) is 0. The highest BCUT2D eigenvalue weighted by Gasteiger charge is 2.24. The summed E-state index contributed by atoms with van der Waals surface area (Å²) in [5.74, 6) is -1.73. The Bertz CT molecular complexity index is 1030. The molecule has 4 atom stereocenters. The molecule has 0 aliphatic carbocycles. The molecule has 1 rings (SSSR count). The molecule has 0 saturated carbocycles. The molecule has 0 N–H and O–H groups in total. The van der Waals surface area contributed by atoms with Crippen molar-refractivity contribution in [2.75, 3.05) is 13.7 Å². The molecule has 0 aliphatic heterocycles. The number of unbranched alkanes of at least 4 members (excludes halogenated alkanes) is 5. The quantitative estimate of drug-likeness (QED) is 0.0415. The van der Waals surface area contributed by atoms with Crippen molar-refractivity contribution in [3.8, 4) is 5.75 Å². The second-order valence-corrected chi connectivity index (χ2v) is 11.4. The van der Waals surface area contributed by atoms with Crippen LogP contribution >= 0.6 is 0 Å². The van der Waals surface area contributed by atoms with E-state index >= 15 is 0 Å². The number of benzene rings is 1. The summed E-state index contributed by atoms with van der Waals surface area (Å²) < 4.78 is 40.5. The highest BCUT2D eigenvalue weighted by molar-refractivity contribution is 5.77. The molecule has 0 saturated heterocycles. The lowest BCUT2D eigenvalue weighted by atomic mass is 10.1. The number of ether oxygens (including phenoxy) is 5. The van der Waals surface area contributed by atoms with Gasteiger partial charge in [0, 0.05) is 20.0 Å². The van der Waals surface area contributed by atoms with Gasteiger partial charge in [-0.05, 0) is 57.4 Å². The molecule has 0 aromatic heterocycles. The van der Waals surface area contributed by atoms with Crippen molar-refractivity contribution in [2.45, 2.75) is 195 Å². The highest BCUT2D eigenvalue weighted by atomic mass is 19.1. The molecular formula is C43H85FO9. The monoisotopic (exact) mass is 765 g/mol. The lowest BCUT2D eigenvalue weighted by molar-refractivity contribution is -0.161. The number of carbonyl (C=O) groups is 4. The van der Waals surface area contributed by atoms with Gasteiger partial charge in [-0.15, -0.1) is 0 Å². The van der Waals surface area contributed by atoms with Gasteiger partial charge in [0.1, 0.15) is 48.4 Å². The Morgan fingerprint density at radius 3 is 1.74 bits per heavy atom. The molecule has 10 heteroatoms. The summed E-state index contributed by atoms with van der Waals surface area (Å²) in [6.07, 6.45) is 9.18. The van der Waals surface area contributed by atoms with Crippen LogP contribution in [0.25, 0.3) is 0 Å². The summed E-state index contributed by atoms with van der Waals surface area (Å²) in [5, 5.41) is 0. The van der Waals surface area contributed by atoms with E-state index in [1.807, 2.05) is 13.0 Å². The van der Waals surface area contributed by atoms with E-state index in [1.165, 1.54) is 57.6 Å². The van der Waals surface area contributed by atoms with Crippen LogP contribution in [0.5, 0.6) is 5.75 Å². The summed E-state index contributed by atoms with van der Waals surface area (Å²) in [6.45, 7) is 7.25. The van der Waals surface area contributed by atoms with E-state index in [9.17, 15) is 23.6 Å².